The molecule has 14 heavy (non-hydrogen) atoms. The van der Waals surface area contributed by atoms with Crippen LogP contribution in [-0.4, -0.2) is 28.4 Å². The minimum absolute atomic E-state index is 0.271. The molecule has 0 saturated carbocycles. The van der Waals surface area contributed by atoms with Gasteiger partial charge in [0.25, 0.3) is 0 Å². The monoisotopic (exact) mass is 256 g/mol. The Morgan fingerprint density at radius 2 is 2.14 bits per heavy atom. The molecule has 0 N–H and O–H groups in total. The zero-order valence-corrected chi connectivity index (χ0v) is 9.93. The molecule has 2 unspecified atom stereocenters. The predicted octanol–water partition coefficient (Wildman–Crippen LogP) is 1.88. The van der Waals surface area contributed by atoms with E-state index >= 15 is 0 Å². The fraction of sp³-hybridized carbons (Fsp3) is 0.400. The van der Waals surface area contributed by atoms with Gasteiger partial charge in [-0.15, -0.1) is 0 Å². The molecule has 0 bridgehead atoms. The molecule has 3 nitrogen and oxygen atoms in total. The van der Waals surface area contributed by atoms with Gasteiger partial charge >= 0.3 is 89.0 Å². The first-order chi connectivity index (χ1) is 6.84. The summed E-state index contributed by atoms with van der Waals surface area (Å²) in [6, 6.07) is 9.68. The summed E-state index contributed by atoms with van der Waals surface area (Å²) < 4.78 is 16.7. The Bertz CT molecular complexity index is 278. The maximum atomic E-state index is 5.63. The normalized spacial score (nSPS) is 27.2. The van der Waals surface area contributed by atoms with Crippen LogP contribution < -0.4 is 3.73 Å². The number of benzene rings is 1. The fourth-order valence-electron chi connectivity index (χ4n) is 1.14. The van der Waals surface area contributed by atoms with Crippen molar-refractivity contribution < 1.29 is 11.2 Å². The second kappa shape index (κ2) is 4.83. The predicted molar refractivity (Wildman–Crippen MR) is 53.9 cm³/mol. The van der Waals surface area contributed by atoms with Gasteiger partial charge in [0.2, 0.25) is 0 Å². The Hall–Kier alpha value is -0.502. The molecule has 0 aliphatic carbocycles. The van der Waals surface area contributed by atoms with Gasteiger partial charge in [0, 0.05) is 0 Å². The average molecular weight is 256 g/mol. The van der Waals surface area contributed by atoms with Gasteiger partial charge in [-0.3, -0.25) is 0 Å². The first-order valence-corrected chi connectivity index (χ1v) is 6.97. The van der Waals surface area contributed by atoms with Crippen molar-refractivity contribution in [2.24, 2.45) is 0 Å². The van der Waals surface area contributed by atoms with Crippen LogP contribution in [0, 0.1) is 0 Å². The average Bonchev–Trinajstić information content (AvgIpc) is 2.19. The van der Waals surface area contributed by atoms with Gasteiger partial charge in [-0.05, 0) is 0 Å². The first kappa shape index (κ1) is 10.0. The van der Waals surface area contributed by atoms with Gasteiger partial charge in [-0.2, -0.15) is 0 Å². The van der Waals surface area contributed by atoms with E-state index < -0.39 is 15.7 Å². The van der Waals surface area contributed by atoms with E-state index in [-0.39, 0.29) is 6.10 Å². The summed E-state index contributed by atoms with van der Waals surface area (Å²) in [6.07, 6.45) is 1.23. The van der Waals surface area contributed by atoms with E-state index in [0.717, 1.165) is 18.8 Å². The quantitative estimate of drug-likeness (QED) is 0.756. The Labute approximate surface area is 89.3 Å². The van der Waals surface area contributed by atoms with Crippen molar-refractivity contribution in [3.63, 3.8) is 0 Å². The van der Waals surface area contributed by atoms with E-state index in [0.29, 0.717) is 0 Å². The van der Waals surface area contributed by atoms with Crippen LogP contribution in [0.25, 0.3) is 0 Å². The fourth-order valence-corrected chi connectivity index (χ4v) is 3.46. The van der Waals surface area contributed by atoms with Crippen LogP contribution in [0.3, 0.4) is 0 Å². The number of hydrogen-bond donors (Lipinski definition) is 0. The second-order valence-electron chi connectivity index (χ2n) is 3.17. The molecular weight excluding hydrogens is 243 g/mol. The molecule has 0 radical (unpaired) electrons. The van der Waals surface area contributed by atoms with Gasteiger partial charge < -0.3 is 0 Å². The van der Waals surface area contributed by atoms with Gasteiger partial charge in [0.05, 0.1) is 0 Å². The number of para-hydroxylation sites is 1. The van der Waals surface area contributed by atoms with Gasteiger partial charge in [0.1, 0.15) is 0 Å². The topological polar surface area (TPSA) is 27.7 Å². The molecule has 2 atom stereocenters. The molecule has 1 heterocycles. The molecule has 1 aromatic rings. The third-order valence-electron chi connectivity index (χ3n) is 1.91. The van der Waals surface area contributed by atoms with Crippen LogP contribution >= 0.6 is 0 Å². The summed E-state index contributed by atoms with van der Waals surface area (Å²) in [5.41, 5.74) is 0. The molecule has 4 heteroatoms. The van der Waals surface area contributed by atoms with E-state index in [9.17, 15) is 0 Å². The molecule has 0 amide bonds. The third-order valence-corrected chi connectivity index (χ3v) is 4.61. The molecule has 1 aliphatic rings. The van der Waals surface area contributed by atoms with Crippen LogP contribution in [-0.2, 0) is 7.45 Å². The minimum atomic E-state index is -1.98. The van der Waals surface area contributed by atoms with Crippen LogP contribution in [0.15, 0.2) is 30.3 Å². The summed E-state index contributed by atoms with van der Waals surface area (Å²) in [5.74, 6) is 0.835. The summed E-state index contributed by atoms with van der Waals surface area (Å²) in [6.45, 7) is 2.81. The van der Waals surface area contributed by atoms with Crippen LogP contribution in [0.1, 0.15) is 13.3 Å². The van der Waals surface area contributed by atoms with Crippen molar-refractivity contribution in [3.05, 3.63) is 30.3 Å². The van der Waals surface area contributed by atoms with E-state index in [2.05, 4.69) is 6.92 Å². The molecule has 76 valence electrons. The summed E-state index contributed by atoms with van der Waals surface area (Å²) in [7, 11) is 0. The van der Waals surface area contributed by atoms with Gasteiger partial charge in [-0.1, -0.05) is 0 Å². The summed E-state index contributed by atoms with van der Waals surface area (Å²) >= 11 is -1.98. The zero-order chi connectivity index (χ0) is 9.80. The standard InChI is InChI=1S/C10H13AsO3/c1-9-7-8-12-11(13-9)14-10-5-3-2-4-6-10/h2-6,9H,7-8H2,1H3. The maximum absolute atomic E-state index is 5.63. The van der Waals surface area contributed by atoms with Crippen molar-refractivity contribution in [2.45, 2.75) is 19.4 Å². The van der Waals surface area contributed by atoms with E-state index in [4.69, 9.17) is 11.2 Å². The van der Waals surface area contributed by atoms with Gasteiger partial charge in [-0.25, -0.2) is 0 Å². The summed E-state index contributed by atoms with van der Waals surface area (Å²) in [4.78, 5) is 0. The van der Waals surface area contributed by atoms with Gasteiger partial charge in [0.15, 0.2) is 0 Å². The zero-order valence-electron chi connectivity index (χ0n) is 8.05. The van der Waals surface area contributed by atoms with Crippen molar-refractivity contribution in [3.8, 4) is 5.75 Å². The summed E-state index contributed by atoms with van der Waals surface area (Å²) in [5, 5.41) is 0. The van der Waals surface area contributed by atoms with E-state index in [1.165, 1.54) is 0 Å². The van der Waals surface area contributed by atoms with Crippen molar-refractivity contribution in [1.29, 1.82) is 0 Å². The van der Waals surface area contributed by atoms with Crippen molar-refractivity contribution >= 4 is 15.7 Å². The van der Waals surface area contributed by atoms with Crippen molar-refractivity contribution in [2.75, 3.05) is 6.61 Å². The molecule has 1 aliphatic heterocycles. The Morgan fingerprint density at radius 3 is 2.86 bits per heavy atom. The molecule has 1 aromatic carbocycles. The third kappa shape index (κ3) is 2.74. The van der Waals surface area contributed by atoms with Crippen LogP contribution in [0.4, 0.5) is 0 Å². The van der Waals surface area contributed by atoms with E-state index in [1.54, 1.807) is 0 Å². The van der Waals surface area contributed by atoms with Crippen LogP contribution in [0.5, 0.6) is 5.75 Å². The van der Waals surface area contributed by atoms with Crippen LogP contribution in [0.2, 0.25) is 0 Å². The first-order valence-electron chi connectivity index (χ1n) is 4.67. The SMILES string of the molecule is CC1CCO[As](Oc2ccccc2)O1. The second-order valence-corrected chi connectivity index (χ2v) is 5.47. The Kier molecular flexibility index (Phi) is 3.46. The molecule has 2 rings (SSSR count). The number of rotatable bonds is 2. The van der Waals surface area contributed by atoms with Crippen molar-refractivity contribution in [1.82, 2.24) is 0 Å². The van der Waals surface area contributed by atoms with E-state index in [1.807, 2.05) is 30.3 Å². The molecule has 1 saturated heterocycles. The number of hydrogen-bond acceptors (Lipinski definition) is 3. The Morgan fingerprint density at radius 1 is 1.36 bits per heavy atom. The molecule has 1 fully saturated rings. The molecule has 0 spiro atoms. The Balaban J connectivity index is 1.91. The molecule has 0 aromatic heterocycles. The molecular formula is C10H13AsO3.